The van der Waals surface area contributed by atoms with E-state index in [1.807, 2.05) is 0 Å². The van der Waals surface area contributed by atoms with Crippen LogP contribution in [0.1, 0.15) is 44.9 Å². The Balaban J connectivity index is 1.97. The van der Waals surface area contributed by atoms with Crippen LogP contribution in [-0.4, -0.2) is 24.2 Å². The third-order valence-electron chi connectivity index (χ3n) is 6.17. The Hall–Kier alpha value is -1.73. The maximum Gasteiger partial charge on any atom is 0.303 e. The molecule has 1 atom stereocenters. The Morgan fingerprint density at radius 2 is 1.76 bits per heavy atom. The molecule has 2 aliphatic carbocycles. The minimum Gasteiger partial charge on any atom is -0.481 e. The van der Waals surface area contributed by atoms with Crippen LogP contribution in [-0.2, 0) is 14.6 Å². The normalized spacial score (nSPS) is 27.8. The van der Waals surface area contributed by atoms with Gasteiger partial charge in [0, 0.05) is 23.8 Å². The molecule has 1 N–H and O–H groups in total. The lowest BCUT2D eigenvalue weighted by Crippen LogP contribution is -2.49. The highest BCUT2D eigenvalue weighted by Gasteiger charge is 2.54. The second-order valence-electron chi connectivity index (χ2n) is 7.82. The molecule has 1 aromatic carbocycles. The SMILES string of the molecule is O=C(O)CC[C@H]1CC[C@@](C2CC(F)=CC=C2F)(S(=O)(=O)c2ccc(Cl)cc2)CC1. The molecule has 0 spiro atoms. The summed E-state index contributed by atoms with van der Waals surface area (Å²) in [5.41, 5.74) is 0. The van der Waals surface area contributed by atoms with E-state index in [2.05, 4.69) is 0 Å². The standard InChI is InChI=1S/C21H23ClF2O4S/c22-15-2-5-17(6-3-15)29(27,28)21(18-13-16(23)4-7-19(18)24)11-9-14(10-12-21)1-8-20(25)26/h2-7,14,18H,1,8-13H2,(H,25,26)/t14-,18?,21+. The van der Waals surface area contributed by atoms with Gasteiger partial charge in [-0.25, -0.2) is 17.2 Å². The first-order valence-electron chi connectivity index (χ1n) is 9.59. The average molecular weight is 445 g/mol. The van der Waals surface area contributed by atoms with E-state index in [1.165, 1.54) is 24.3 Å². The Bertz CT molecular complexity index is 930. The van der Waals surface area contributed by atoms with Crippen molar-refractivity contribution in [1.82, 2.24) is 0 Å². The molecule has 0 radical (unpaired) electrons. The van der Waals surface area contributed by atoms with Gasteiger partial charge in [-0.15, -0.1) is 0 Å². The maximum atomic E-state index is 14.8. The lowest BCUT2D eigenvalue weighted by Gasteiger charge is -2.44. The van der Waals surface area contributed by atoms with Gasteiger partial charge in [-0.3, -0.25) is 4.79 Å². The van der Waals surface area contributed by atoms with Crippen molar-refractivity contribution in [2.24, 2.45) is 11.8 Å². The predicted molar refractivity (Wildman–Crippen MR) is 107 cm³/mol. The van der Waals surface area contributed by atoms with Crippen molar-refractivity contribution < 1.29 is 27.1 Å². The summed E-state index contributed by atoms with van der Waals surface area (Å²) in [6.07, 6.45) is 3.43. The van der Waals surface area contributed by atoms with Crippen molar-refractivity contribution in [2.45, 2.75) is 54.6 Å². The molecule has 1 unspecified atom stereocenters. The molecule has 3 rings (SSSR count). The van der Waals surface area contributed by atoms with Gasteiger partial charge in [0.2, 0.25) is 0 Å². The van der Waals surface area contributed by atoms with Gasteiger partial charge in [0.05, 0.1) is 9.64 Å². The number of hydrogen-bond donors (Lipinski definition) is 1. The van der Waals surface area contributed by atoms with Crippen LogP contribution in [0.25, 0.3) is 0 Å². The summed E-state index contributed by atoms with van der Waals surface area (Å²) in [6.45, 7) is 0. The molecule has 29 heavy (non-hydrogen) atoms. The van der Waals surface area contributed by atoms with E-state index in [9.17, 15) is 22.0 Å². The summed E-state index contributed by atoms with van der Waals surface area (Å²) in [5.74, 6) is -3.13. The average Bonchev–Trinajstić information content (AvgIpc) is 2.69. The molecular formula is C21H23ClF2O4S. The van der Waals surface area contributed by atoms with E-state index in [0.717, 1.165) is 12.2 Å². The summed E-state index contributed by atoms with van der Waals surface area (Å²) in [6, 6.07) is 5.72. The first-order valence-corrected chi connectivity index (χ1v) is 11.5. The fraction of sp³-hybridized carbons (Fsp3) is 0.476. The summed E-state index contributed by atoms with van der Waals surface area (Å²) < 4.78 is 54.7. The van der Waals surface area contributed by atoms with E-state index in [-0.39, 0.29) is 36.5 Å². The van der Waals surface area contributed by atoms with Gasteiger partial charge in [-0.05, 0) is 74.4 Å². The molecule has 0 bridgehead atoms. The van der Waals surface area contributed by atoms with Crippen LogP contribution in [0, 0.1) is 11.8 Å². The second kappa shape index (κ2) is 8.56. The number of aliphatic carboxylic acids is 1. The van der Waals surface area contributed by atoms with Gasteiger partial charge in [-0.2, -0.15) is 0 Å². The van der Waals surface area contributed by atoms with Gasteiger partial charge in [0.15, 0.2) is 9.84 Å². The zero-order valence-electron chi connectivity index (χ0n) is 15.8. The van der Waals surface area contributed by atoms with E-state index in [4.69, 9.17) is 16.7 Å². The van der Waals surface area contributed by atoms with Gasteiger partial charge in [-0.1, -0.05) is 11.6 Å². The van der Waals surface area contributed by atoms with Crippen molar-refractivity contribution in [1.29, 1.82) is 0 Å². The van der Waals surface area contributed by atoms with Gasteiger partial charge in [0.25, 0.3) is 0 Å². The number of sulfone groups is 1. The molecule has 4 nitrogen and oxygen atoms in total. The first kappa shape index (κ1) is 22.0. The van der Waals surface area contributed by atoms with Gasteiger partial charge >= 0.3 is 5.97 Å². The number of hydrogen-bond acceptors (Lipinski definition) is 3. The van der Waals surface area contributed by atoms with Crippen LogP contribution in [0.5, 0.6) is 0 Å². The number of benzene rings is 1. The molecule has 0 aliphatic heterocycles. The predicted octanol–water partition coefficient (Wildman–Crippen LogP) is 5.63. The topological polar surface area (TPSA) is 71.4 Å². The summed E-state index contributed by atoms with van der Waals surface area (Å²) in [4.78, 5) is 10.9. The lowest BCUT2D eigenvalue weighted by atomic mass is 9.71. The molecule has 0 aromatic heterocycles. The minimum absolute atomic E-state index is 0.0106. The van der Waals surface area contributed by atoms with Crippen molar-refractivity contribution in [3.63, 3.8) is 0 Å². The summed E-state index contributed by atoms with van der Waals surface area (Å²) in [7, 11) is -4.00. The monoisotopic (exact) mass is 444 g/mol. The van der Waals surface area contributed by atoms with E-state index in [0.29, 0.717) is 24.3 Å². The molecule has 0 heterocycles. The number of carbonyl (C=O) groups is 1. The van der Waals surface area contributed by atoms with Crippen LogP contribution in [0.15, 0.2) is 53.0 Å². The Kier molecular flexibility index (Phi) is 6.48. The zero-order valence-corrected chi connectivity index (χ0v) is 17.4. The maximum absolute atomic E-state index is 14.8. The third kappa shape index (κ3) is 4.40. The van der Waals surface area contributed by atoms with Crippen LogP contribution in [0.2, 0.25) is 5.02 Å². The molecule has 1 aromatic rings. The van der Waals surface area contributed by atoms with Crippen LogP contribution in [0.4, 0.5) is 8.78 Å². The molecule has 1 saturated carbocycles. The van der Waals surface area contributed by atoms with Crippen molar-refractivity contribution in [2.75, 3.05) is 0 Å². The number of carboxylic acid groups (broad SMARTS) is 1. The van der Waals surface area contributed by atoms with Crippen LogP contribution in [0.3, 0.4) is 0 Å². The van der Waals surface area contributed by atoms with E-state index < -0.39 is 38.1 Å². The highest BCUT2D eigenvalue weighted by molar-refractivity contribution is 7.92. The van der Waals surface area contributed by atoms with Crippen molar-refractivity contribution in [3.05, 3.63) is 53.1 Å². The highest BCUT2D eigenvalue weighted by Crippen LogP contribution is 2.51. The van der Waals surface area contributed by atoms with Gasteiger partial charge in [0.1, 0.15) is 11.7 Å². The summed E-state index contributed by atoms with van der Waals surface area (Å²) >= 11 is 5.88. The van der Waals surface area contributed by atoms with Crippen molar-refractivity contribution >= 4 is 27.4 Å². The number of halogens is 3. The van der Waals surface area contributed by atoms with E-state index in [1.54, 1.807) is 0 Å². The summed E-state index contributed by atoms with van der Waals surface area (Å²) in [5, 5.41) is 9.29. The Morgan fingerprint density at radius 1 is 1.14 bits per heavy atom. The fourth-order valence-electron chi connectivity index (χ4n) is 4.52. The van der Waals surface area contributed by atoms with Gasteiger partial charge < -0.3 is 5.11 Å². The molecule has 2 aliphatic rings. The molecule has 1 fully saturated rings. The number of carboxylic acids is 1. The molecule has 0 amide bonds. The molecular weight excluding hydrogens is 422 g/mol. The number of allylic oxidation sites excluding steroid dienone is 4. The quantitative estimate of drug-likeness (QED) is 0.616. The molecule has 0 saturated heterocycles. The number of rotatable bonds is 6. The molecule has 158 valence electrons. The third-order valence-corrected chi connectivity index (χ3v) is 9.08. The second-order valence-corrected chi connectivity index (χ2v) is 10.5. The van der Waals surface area contributed by atoms with Crippen LogP contribution < -0.4 is 0 Å². The zero-order chi connectivity index (χ0) is 21.2. The fourth-order valence-corrected chi connectivity index (χ4v) is 6.95. The Morgan fingerprint density at radius 3 is 2.34 bits per heavy atom. The smallest absolute Gasteiger partial charge is 0.303 e. The molecule has 8 heteroatoms. The lowest BCUT2D eigenvalue weighted by molar-refractivity contribution is -0.137. The Labute approximate surface area is 174 Å². The van der Waals surface area contributed by atoms with Crippen molar-refractivity contribution in [3.8, 4) is 0 Å². The van der Waals surface area contributed by atoms with Crippen LogP contribution >= 0.6 is 11.6 Å². The largest absolute Gasteiger partial charge is 0.481 e. The van der Waals surface area contributed by atoms with E-state index >= 15 is 0 Å². The minimum atomic E-state index is -4.00. The highest BCUT2D eigenvalue weighted by atomic mass is 35.5. The first-order chi connectivity index (χ1) is 13.7.